The molecule has 0 spiro atoms. The van der Waals surface area contributed by atoms with E-state index < -0.39 is 0 Å². The van der Waals surface area contributed by atoms with Gasteiger partial charge < -0.3 is 14.4 Å². The molecule has 1 saturated carbocycles. The van der Waals surface area contributed by atoms with Crippen molar-refractivity contribution in [1.82, 2.24) is 4.90 Å². The Balaban J connectivity index is 1.83. The van der Waals surface area contributed by atoms with E-state index in [9.17, 15) is 9.90 Å². The van der Waals surface area contributed by atoms with Gasteiger partial charge in [0.05, 0.1) is 17.3 Å². The van der Waals surface area contributed by atoms with Crippen molar-refractivity contribution in [3.63, 3.8) is 0 Å². The van der Waals surface area contributed by atoms with Gasteiger partial charge >= 0.3 is 0 Å². The second kappa shape index (κ2) is 5.32. The number of furan rings is 1. The van der Waals surface area contributed by atoms with Crippen molar-refractivity contribution in [3.05, 3.63) is 52.4 Å². The van der Waals surface area contributed by atoms with Crippen molar-refractivity contribution in [1.29, 1.82) is 0 Å². The third kappa shape index (κ3) is 2.72. The van der Waals surface area contributed by atoms with E-state index in [-0.39, 0.29) is 17.7 Å². The number of hydrogen-bond acceptors (Lipinski definition) is 3. The Morgan fingerprint density at radius 2 is 2.20 bits per heavy atom. The van der Waals surface area contributed by atoms with Crippen LogP contribution in [0.1, 0.15) is 29.0 Å². The van der Waals surface area contributed by atoms with Gasteiger partial charge in [-0.2, -0.15) is 0 Å². The first-order valence-corrected chi connectivity index (χ1v) is 7.26. The molecular formula is C15H14BrNO3. The molecule has 20 heavy (non-hydrogen) atoms. The number of phenols is 1. The lowest BCUT2D eigenvalue weighted by Gasteiger charge is -2.21. The smallest absolute Gasteiger partial charge is 0.254 e. The molecule has 1 aromatic carbocycles. The highest BCUT2D eigenvalue weighted by Crippen LogP contribution is 2.31. The molecular weight excluding hydrogens is 322 g/mol. The van der Waals surface area contributed by atoms with E-state index in [1.54, 1.807) is 18.4 Å². The number of nitrogens with zero attached hydrogens (tertiary/aromatic N) is 1. The fourth-order valence-electron chi connectivity index (χ4n) is 2.13. The SMILES string of the molecule is O=C(c1ccc(Br)c(O)c1)N(Cc1ccco1)C1CC1. The molecule has 1 aromatic heterocycles. The molecule has 1 aliphatic rings. The predicted octanol–water partition coefficient (Wildman–Crippen LogP) is 3.55. The normalized spacial score (nSPS) is 14.2. The Morgan fingerprint density at radius 3 is 2.80 bits per heavy atom. The first-order valence-electron chi connectivity index (χ1n) is 6.47. The van der Waals surface area contributed by atoms with Gasteiger partial charge in [-0.15, -0.1) is 0 Å². The minimum absolute atomic E-state index is 0.0737. The number of carbonyl (C=O) groups is 1. The van der Waals surface area contributed by atoms with Gasteiger partial charge in [-0.05, 0) is 59.1 Å². The maximum absolute atomic E-state index is 12.6. The van der Waals surface area contributed by atoms with E-state index in [1.807, 2.05) is 17.0 Å². The van der Waals surface area contributed by atoms with Crippen LogP contribution in [0.2, 0.25) is 0 Å². The summed E-state index contributed by atoms with van der Waals surface area (Å²) >= 11 is 3.22. The molecule has 0 saturated heterocycles. The van der Waals surface area contributed by atoms with Crippen LogP contribution in [0, 0.1) is 0 Å². The van der Waals surface area contributed by atoms with Gasteiger partial charge in [0.25, 0.3) is 5.91 Å². The van der Waals surface area contributed by atoms with Crippen LogP contribution in [0.15, 0.2) is 45.5 Å². The Morgan fingerprint density at radius 1 is 1.40 bits per heavy atom. The highest BCUT2D eigenvalue weighted by molar-refractivity contribution is 9.10. The zero-order chi connectivity index (χ0) is 14.1. The Hall–Kier alpha value is -1.75. The topological polar surface area (TPSA) is 53.7 Å². The molecule has 0 unspecified atom stereocenters. The minimum Gasteiger partial charge on any atom is -0.507 e. The number of carbonyl (C=O) groups excluding carboxylic acids is 1. The Labute approximate surface area is 125 Å². The van der Waals surface area contributed by atoms with Gasteiger partial charge in [-0.1, -0.05) is 0 Å². The van der Waals surface area contributed by atoms with Gasteiger partial charge in [0.1, 0.15) is 11.5 Å². The zero-order valence-corrected chi connectivity index (χ0v) is 12.3. The van der Waals surface area contributed by atoms with Crippen molar-refractivity contribution in [3.8, 4) is 5.75 Å². The Bertz CT molecular complexity index is 620. The summed E-state index contributed by atoms with van der Waals surface area (Å²) in [6, 6.07) is 8.84. The lowest BCUT2D eigenvalue weighted by atomic mass is 10.2. The molecule has 0 bridgehead atoms. The Kier molecular flexibility index (Phi) is 3.53. The van der Waals surface area contributed by atoms with Crippen LogP contribution in [-0.4, -0.2) is 22.0 Å². The standard InChI is InChI=1S/C15H14BrNO3/c16-13-6-3-10(8-14(13)18)15(19)17(11-4-5-11)9-12-2-1-7-20-12/h1-3,6-8,11,18H,4-5,9H2. The van der Waals surface area contributed by atoms with E-state index in [4.69, 9.17) is 4.42 Å². The quantitative estimate of drug-likeness (QED) is 0.929. The number of benzene rings is 1. The third-order valence-corrected chi connectivity index (χ3v) is 4.02. The molecule has 0 atom stereocenters. The van der Waals surface area contributed by atoms with Crippen molar-refractivity contribution < 1.29 is 14.3 Å². The summed E-state index contributed by atoms with van der Waals surface area (Å²) in [5.41, 5.74) is 0.490. The number of amides is 1. The average Bonchev–Trinajstić information content (AvgIpc) is 3.15. The molecule has 5 heteroatoms. The lowest BCUT2D eigenvalue weighted by molar-refractivity contribution is 0.0717. The minimum atomic E-state index is -0.0771. The summed E-state index contributed by atoms with van der Waals surface area (Å²) in [6.45, 7) is 0.466. The second-order valence-electron chi connectivity index (χ2n) is 4.91. The van der Waals surface area contributed by atoms with E-state index >= 15 is 0 Å². The summed E-state index contributed by atoms with van der Waals surface area (Å²) < 4.78 is 5.90. The zero-order valence-electron chi connectivity index (χ0n) is 10.8. The first kappa shape index (κ1) is 13.2. The molecule has 1 heterocycles. The summed E-state index contributed by atoms with van der Waals surface area (Å²) in [5.74, 6) is 0.767. The van der Waals surface area contributed by atoms with Crippen LogP contribution in [0.25, 0.3) is 0 Å². The molecule has 4 nitrogen and oxygen atoms in total. The lowest BCUT2D eigenvalue weighted by Crippen LogP contribution is -2.32. The van der Waals surface area contributed by atoms with Gasteiger partial charge in [0.15, 0.2) is 0 Å². The van der Waals surface area contributed by atoms with Gasteiger partial charge in [-0.25, -0.2) is 0 Å². The van der Waals surface area contributed by atoms with Crippen LogP contribution in [0.5, 0.6) is 5.75 Å². The molecule has 2 aromatic rings. The molecule has 1 aliphatic carbocycles. The number of rotatable bonds is 4. The van der Waals surface area contributed by atoms with Crippen LogP contribution in [0.3, 0.4) is 0 Å². The van der Waals surface area contributed by atoms with E-state index in [0.717, 1.165) is 18.6 Å². The van der Waals surface area contributed by atoms with Crippen molar-refractivity contribution in [2.24, 2.45) is 0 Å². The maximum atomic E-state index is 12.6. The number of halogens is 1. The molecule has 1 N–H and O–H groups in total. The summed E-state index contributed by atoms with van der Waals surface area (Å²) in [6.07, 6.45) is 3.65. The fraction of sp³-hybridized carbons (Fsp3) is 0.267. The van der Waals surface area contributed by atoms with Crippen LogP contribution in [-0.2, 0) is 6.54 Å². The van der Waals surface area contributed by atoms with E-state index in [1.165, 1.54) is 6.07 Å². The summed E-state index contributed by atoms with van der Waals surface area (Å²) in [4.78, 5) is 14.4. The van der Waals surface area contributed by atoms with Gasteiger partial charge in [0.2, 0.25) is 0 Å². The maximum Gasteiger partial charge on any atom is 0.254 e. The van der Waals surface area contributed by atoms with Crippen molar-refractivity contribution in [2.45, 2.75) is 25.4 Å². The number of aromatic hydroxyl groups is 1. The van der Waals surface area contributed by atoms with E-state index in [2.05, 4.69) is 15.9 Å². The molecule has 0 radical (unpaired) electrons. The van der Waals surface area contributed by atoms with E-state index in [0.29, 0.717) is 16.6 Å². The largest absolute Gasteiger partial charge is 0.507 e. The van der Waals surface area contributed by atoms with Crippen LogP contribution >= 0.6 is 15.9 Å². The highest BCUT2D eigenvalue weighted by atomic mass is 79.9. The van der Waals surface area contributed by atoms with Gasteiger partial charge in [-0.3, -0.25) is 4.79 Å². The number of hydrogen-bond donors (Lipinski definition) is 1. The second-order valence-corrected chi connectivity index (χ2v) is 5.76. The molecule has 3 rings (SSSR count). The molecule has 104 valence electrons. The summed E-state index contributed by atoms with van der Waals surface area (Å²) in [5, 5.41) is 9.71. The molecule has 1 fully saturated rings. The summed E-state index contributed by atoms with van der Waals surface area (Å²) in [7, 11) is 0. The number of phenolic OH excluding ortho intramolecular Hbond substituents is 1. The predicted molar refractivity (Wildman–Crippen MR) is 77.4 cm³/mol. The van der Waals surface area contributed by atoms with Gasteiger partial charge in [0, 0.05) is 11.6 Å². The van der Waals surface area contributed by atoms with Crippen molar-refractivity contribution >= 4 is 21.8 Å². The fourth-order valence-corrected chi connectivity index (χ4v) is 2.38. The highest BCUT2D eigenvalue weighted by Gasteiger charge is 2.33. The van der Waals surface area contributed by atoms with Crippen LogP contribution in [0.4, 0.5) is 0 Å². The average molecular weight is 336 g/mol. The molecule has 1 amide bonds. The first-order chi connectivity index (χ1) is 9.65. The monoisotopic (exact) mass is 335 g/mol. The third-order valence-electron chi connectivity index (χ3n) is 3.35. The van der Waals surface area contributed by atoms with Crippen molar-refractivity contribution in [2.75, 3.05) is 0 Å². The van der Waals surface area contributed by atoms with Crippen LogP contribution < -0.4 is 0 Å². The molecule has 0 aliphatic heterocycles.